The maximum absolute atomic E-state index is 13.0. The predicted octanol–water partition coefficient (Wildman–Crippen LogP) is 6.56. The Morgan fingerprint density at radius 3 is 2.20 bits per heavy atom. The number of carbonyl (C=O) groups is 2. The zero-order chi connectivity index (χ0) is 29.2. The molecule has 0 spiro atoms. The van der Waals surface area contributed by atoms with Gasteiger partial charge in [-0.05, 0) is 53.2 Å². The number of rotatable bonds is 8. The van der Waals surface area contributed by atoms with Crippen LogP contribution < -0.4 is 9.47 Å². The van der Waals surface area contributed by atoms with Gasteiger partial charge in [-0.15, -0.1) is 0 Å². The maximum Gasteiger partial charge on any atom is 0.416 e. The van der Waals surface area contributed by atoms with Crippen molar-refractivity contribution in [2.24, 2.45) is 0 Å². The van der Waals surface area contributed by atoms with Gasteiger partial charge in [-0.3, -0.25) is 34.7 Å². The Bertz CT molecular complexity index is 1560. The number of hydrogen-bond acceptors (Lipinski definition) is 9. The number of carbonyl (C=O) groups excluding carboxylic acids is 2. The van der Waals surface area contributed by atoms with Crippen LogP contribution in [0.4, 0.5) is 29.3 Å². The van der Waals surface area contributed by atoms with Crippen molar-refractivity contribution >= 4 is 40.4 Å². The standard InChI is InChI=1S/C25H16F3N3O8S/c1-38-21-10-15(4-8-20(21)39-19-9-5-16(25(26,27)28)12-18(19)31(36)37)11-22-23(32)29(24(33)40-22)13-14-2-6-17(7-3-14)30(34)35/h2-12H,13H2,1H3. The van der Waals surface area contributed by atoms with E-state index < -0.39 is 44.2 Å². The van der Waals surface area contributed by atoms with Gasteiger partial charge in [0.1, 0.15) is 0 Å². The van der Waals surface area contributed by atoms with Crippen LogP contribution in [-0.2, 0) is 17.5 Å². The number of imide groups is 1. The molecule has 1 fully saturated rings. The van der Waals surface area contributed by atoms with Gasteiger partial charge < -0.3 is 9.47 Å². The normalized spacial score (nSPS) is 14.5. The molecule has 1 aliphatic heterocycles. The van der Waals surface area contributed by atoms with Crippen molar-refractivity contribution in [3.63, 3.8) is 0 Å². The number of methoxy groups -OCH3 is 1. The van der Waals surface area contributed by atoms with Gasteiger partial charge in [0.15, 0.2) is 11.5 Å². The van der Waals surface area contributed by atoms with E-state index in [4.69, 9.17) is 9.47 Å². The lowest BCUT2D eigenvalue weighted by atomic mass is 10.1. The number of halogens is 3. The maximum atomic E-state index is 13.0. The minimum Gasteiger partial charge on any atom is -0.493 e. The third-order valence-corrected chi connectivity index (χ3v) is 6.46. The third-order valence-electron chi connectivity index (χ3n) is 5.55. The summed E-state index contributed by atoms with van der Waals surface area (Å²) >= 11 is 0.684. The largest absolute Gasteiger partial charge is 0.493 e. The van der Waals surface area contributed by atoms with Crippen LogP contribution in [0, 0.1) is 20.2 Å². The van der Waals surface area contributed by atoms with E-state index in [9.17, 15) is 43.0 Å². The van der Waals surface area contributed by atoms with Gasteiger partial charge in [0.25, 0.3) is 16.8 Å². The summed E-state index contributed by atoms with van der Waals surface area (Å²) in [7, 11) is 1.27. The molecule has 40 heavy (non-hydrogen) atoms. The van der Waals surface area contributed by atoms with Crippen molar-refractivity contribution in [3.05, 3.63) is 102 Å². The first-order valence-corrected chi connectivity index (χ1v) is 11.9. The topological polar surface area (TPSA) is 142 Å². The molecular formula is C25H16F3N3O8S. The predicted molar refractivity (Wildman–Crippen MR) is 136 cm³/mol. The van der Waals surface area contributed by atoms with E-state index in [2.05, 4.69) is 0 Å². The van der Waals surface area contributed by atoms with Gasteiger partial charge in [-0.2, -0.15) is 13.2 Å². The van der Waals surface area contributed by atoms with Gasteiger partial charge in [-0.1, -0.05) is 18.2 Å². The molecule has 2 amide bonds. The molecule has 0 bridgehead atoms. The summed E-state index contributed by atoms with van der Waals surface area (Å²) in [6.07, 6.45) is -3.38. The highest BCUT2D eigenvalue weighted by Crippen LogP contribution is 2.41. The van der Waals surface area contributed by atoms with Crippen molar-refractivity contribution in [3.8, 4) is 17.2 Å². The number of alkyl halides is 3. The molecule has 0 radical (unpaired) electrons. The highest BCUT2D eigenvalue weighted by Gasteiger charge is 2.35. The summed E-state index contributed by atoms with van der Waals surface area (Å²) in [5.41, 5.74) is -1.34. The Morgan fingerprint density at radius 2 is 1.60 bits per heavy atom. The van der Waals surface area contributed by atoms with Crippen molar-refractivity contribution in [2.75, 3.05) is 7.11 Å². The fraction of sp³-hybridized carbons (Fsp3) is 0.120. The number of thioether (sulfide) groups is 1. The average molecular weight is 575 g/mol. The Kier molecular flexibility index (Phi) is 7.77. The minimum atomic E-state index is -4.79. The van der Waals surface area contributed by atoms with Gasteiger partial charge in [0, 0.05) is 18.2 Å². The van der Waals surface area contributed by atoms with Crippen molar-refractivity contribution in [2.45, 2.75) is 12.7 Å². The van der Waals surface area contributed by atoms with E-state index >= 15 is 0 Å². The number of nitro groups is 2. The summed E-state index contributed by atoms with van der Waals surface area (Å²) in [5, 5.41) is 21.6. The number of amides is 2. The Balaban J connectivity index is 1.55. The second-order valence-electron chi connectivity index (χ2n) is 8.14. The highest BCUT2D eigenvalue weighted by molar-refractivity contribution is 8.18. The first-order chi connectivity index (χ1) is 18.9. The molecule has 4 rings (SSSR count). The van der Waals surface area contributed by atoms with E-state index in [0.717, 1.165) is 11.0 Å². The van der Waals surface area contributed by atoms with Gasteiger partial charge >= 0.3 is 11.9 Å². The molecule has 11 nitrogen and oxygen atoms in total. The highest BCUT2D eigenvalue weighted by atomic mass is 32.2. The molecule has 1 aliphatic rings. The number of non-ortho nitro benzene ring substituents is 1. The average Bonchev–Trinajstić information content (AvgIpc) is 3.16. The van der Waals surface area contributed by atoms with E-state index in [-0.39, 0.29) is 28.6 Å². The van der Waals surface area contributed by atoms with Crippen LogP contribution in [0.1, 0.15) is 16.7 Å². The zero-order valence-corrected chi connectivity index (χ0v) is 21.0. The quantitative estimate of drug-likeness (QED) is 0.166. The van der Waals surface area contributed by atoms with Crippen LogP contribution in [0.3, 0.4) is 0 Å². The monoisotopic (exact) mass is 575 g/mol. The van der Waals surface area contributed by atoms with Crippen LogP contribution in [-0.4, -0.2) is 33.0 Å². The van der Waals surface area contributed by atoms with Gasteiger partial charge in [0.05, 0.1) is 34.0 Å². The second kappa shape index (κ2) is 11.1. The van der Waals surface area contributed by atoms with E-state index in [0.29, 0.717) is 35.0 Å². The first kappa shape index (κ1) is 28.1. The SMILES string of the molecule is COc1cc(C=C2SC(=O)N(Cc3ccc([N+](=O)[O-])cc3)C2=O)ccc1Oc1ccc(C(F)(F)F)cc1[N+](=O)[O-]. The zero-order valence-electron chi connectivity index (χ0n) is 20.2. The van der Waals surface area contributed by atoms with Crippen LogP contribution in [0.25, 0.3) is 6.08 Å². The molecular weight excluding hydrogens is 559 g/mol. The first-order valence-electron chi connectivity index (χ1n) is 11.1. The number of nitro benzene ring substituents is 2. The van der Waals surface area contributed by atoms with Crippen molar-refractivity contribution in [1.82, 2.24) is 4.90 Å². The number of nitrogens with zero attached hydrogens (tertiary/aromatic N) is 3. The molecule has 1 saturated heterocycles. The fourth-order valence-corrected chi connectivity index (χ4v) is 4.43. The molecule has 3 aromatic carbocycles. The van der Waals surface area contributed by atoms with Gasteiger partial charge in [0.2, 0.25) is 5.75 Å². The summed E-state index contributed by atoms with van der Waals surface area (Å²) in [5.74, 6) is -1.04. The summed E-state index contributed by atoms with van der Waals surface area (Å²) in [4.78, 5) is 47.0. The molecule has 0 saturated carbocycles. The molecule has 15 heteroatoms. The summed E-state index contributed by atoms with van der Waals surface area (Å²) in [6.45, 7) is -0.0952. The molecule has 3 aromatic rings. The third kappa shape index (κ3) is 6.04. The van der Waals surface area contributed by atoms with E-state index in [1.165, 1.54) is 55.7 Å². The molecule has 0 aliphatic carbocycles. The Labute approximate surface area is 227 Å². The van der Waals surface area contributed by atoms with E-state index in [1.54, 1.807) is 0 Å². The molecule has 0 unspecified atom stereocenters. The Morgan fingerprint density at radius 1 is 0.925 bits per heavy atom. The lowest BCUT2D eigenvalue weighted by Crippen LogP contribution is -2.27. The number of ether oxygens (including phenoxy) is 2. The second-order valence-corrected chi connectivity index (χ2v) is 9.13. The molecule has 0 N–H and O–H groups in total. The van der Waals surface area contributed by atoms with Crippen molar-refractivity contribution < 1.29 is 42.1 Å². The van der Waals surface area contributed by atoms with Crippen LogP contribution >= 0.6 is 11.8 Å². The molecule has 0 atom stereocenters. The Hall–Kier alpha value is -4.92. The van der Waals surface area contributed by atoms with Crippen molar-refractivity contribution in [1.29, 1.82) is 0 Å². The van der Waals surface area contributed by atoms with Gasteiger partial charge in [-0.25, -0.2) is 0 Å². The van der Waals surface area contributed by atoms with Crippen LogP contribution in [0.2, 0.25) is 0 Å². The van der Waals surface area contributed by atoms with E-state index in [1.807, 2.05) is 0 Å². The molecule has 206 valence electrons. The fourth-order valence-electron chi connectivity index (χ4n) is 3.59. The number of hydrogen-bond donors (Lipinski definition) is 0. The lowest BCUT2D eigenvalue weighted by Gasteiger charge is -2.13. The molecule has 0 aromatic heterocycles. The van der Waals surface area contributed by atoms with Crippen LogP contribution in [0.5, 0.6) is 17.2 Å². The lowest BCUT2D eigenvalue weighted by molar-refractivity contribution is -0.385. The molecule has 1 heterocycles. The summed E-state index contributed by atoms with van der Waals surface area (Å²) in [6, 6.07) is 11.5. The smallest absolute Gasteiger partial charge is 0.416 e. The summed E-state index contributed by atoms with van der Waals surface area (Å²) < 4.78 is 49.7. The number of benzene rings is 3. The van der Waals surface area contributed by atoms with Crippen LogP contribution in [0.15, 0.2) is 65.6 Å². The minimum absolute atomic E-state index is 0.0474.